The summed E-state index contributed by atoms with van der Waals surface area (Å²) in [6.07, 6.45) is 0. The summed E-state index contributed by atoms with van der Waals surface area (Å²) in [7, 11) is -1.64. The molecule has 0 bridgehead atoms. The second-order valence-electron chi connectivity index (χ2n) is 6.13. The summed E-state index contributed by atoms with van der Waals surface area (Å²) in [6.45, 7) is 15.4. The van der Waals surface area contributed by atoms with Gasteiger partial charge in [-0.05, 0) is 18.1 Å². The second kappa shape index (κ2) is 11.0. The van der Waals surface area contributed by atoms with Crippen molar-refractivity contribution in [2.24, 2.45) is 0 Å². The molecular weight excluding hydrogens is 296 g/mol. The van der Waals surface area contributed by atoms with Crippen LogP contribution in [0.1, 0.15) is 20.8 Å². The first kappa shape index (κ1) is 20.3. The number of ether oxygens (including phenoxy) is 3. The van der Waals surface area contributed by atoms with Gasteiger partial charge >= 0.3 is 0 Å². The van der Waals surface area contributed by atoms with Crippen LogP contribution in [-0.2, 0) is 18.6 Å². The van der Waals surface area contributed by atoms with Crippen molar-refractivity contribution < 1.29 is 18.6 Å². The summed E-state index contributed by atoms with van der Waals surface area (Å²) < 4.78 is 22.0. The summed E-state index contributed by atoms with van der Waals surface area (Å²) in [5, 5.41) is 0.249. The van der Waals surface area contributed by atoms with Crippen molar-refractivity contribution in [2.75, 3.05) is 52.1 Å². The summed E-state index contributed by atoms with van der Waals surface area (Å²) in [5.74, 6) is 0.525. The maximum Gasteiger partial charge on any atom is 0.192 e. The molecule has 0 aromatic carbocycles. The second-order valence-corrected chi connectivity index (χ2v) is 11.3. The SMILES string of the molecule is CC(C)(C)[Si](C)(C)OCCOCCOCCOCCCl. The van der Waals surface area contributed by atoms with E-state index in [0.29, 0.717) is 52.1 Å². The van der Waals surface area contributed by atoms with Crippen LogP contribution in [0.15, 0.2) is 0 Å². The van der Waals surface area contributed by atoms with E-state index in [1.54, 1.807) is 0 Å². The van der Waals surface area contributed by atoms with Crippen molar-refractivity contribution in [1.29, 1.82) is 0 Å². The zero-order chi connectivity index (χ0) is 15.5. The molecule has 0 aliphatic rings. The highest BCUT2D eigenvalue weighted by Crippen LogP contribution is 2.36. The van der Waals surface area contributed by atoms with E-state index in [2.05, 4.69) is 33.9 Å². The average molecular weight is 327 g/mol. The fourth-order valence-electron chi connectivity index (χ4n) is 1.17. The summed E-state index contributed by atoms with van der Waals surface area (Å²) >= 11 is 5.48. The Morgan fingerprint density at radius 1 is 0.750 bits per heavy atom. The number of hydrogen-bond donors (Lipinski definition) is 0. The third-order valence-electron chi connectivity index (χ3n) is 3.46. The maximum absolute atomic E-state index is 6.01. The molecule has 0 fully saturated rings. The van der Waals surface area contributed by atoms with E-state index in [0.717, 1.165) is 0 Å². The lowest BCUT2D eigenvalue weighted by Gasteiger charge is -2.36. The fraction of sp³-hybridized carbons (Fsp3) is 1.00. The Morgan fingerprint density at radius 3 is 1.55 bits per heavy atom. The van der Waals surface area contributed by atoms with Gasteiger partial charge in [0.15, 0.2) is 8.32 Å². The van der Waals surface area contributed by atoms with Crippen LogP contribution in [-0.4, -0.2) is 60.4 Å². The third kappa shape index (κ3) is 10.1. The first-order chi connectivity index (χ1) is 9.31. The van der Waals surface area contributed by atoms with Gasteiger partial charge in [-0.25, -0.2) is 0 Å². The van der Waals surface area contributed by atoms with Gasteiger partial charge in [0.2, 0.25) is 0 Å². The van der Waals surface area contributed by atoms with Crippen LogP contribution in [0.4, 0.5) is 0 Å². The molecule has 0 aromatic rings. The molecule has 0 rings (SSSR count). The van der Waals surface area contributed by atoms with Gasteiger partial charge in [0.25, 0.3) is 0 Å². The number of hydrogen-bond acceptors (Lipinski definition) is 4. The van der Waals surface area contributed by atoms with E-state index in [4.69, 9.17) is 30.2 Å². The molecular formula is C14H31ClO4Si. The number of halogens is 1. The van der Waals surface area contributed by atoms with Gasteiger partial charge in [-0.3, -0.25) is 0 Å². The third-order valence-corrected chi connectivity index (χ3v) is 8.15. The molecule has 0 saturated heterocycles. The largest absolute Gasteiger partial charge is 0.414 e. The molecule has 0 aromatic heterocycles. The van der Waals surface area contributed by atoms with Gasteiger partial charge < -0.3 is 18.6 Å². The van der Waals surface area contributed by atoms with Crippen LogP contribution in [0.3, 0.4) is 0 Å². The Bertz CT molecular complexity index is 232. The van der Waals surface area contributed by atoms with Gasteiger partial charge in [-0.15, -0.1) is 11.6 Å². The first-order valence-corrected chi connectivity index (χ1v) is 10.7. The highest BCUT2D eigenvalue weighted by Gasteiger charge is 2.36. The predicted molar refractivity (Wildman–Crippen MR) is 86.3 cm³/mol. The van der Waals surface area contributed by atoms with Crippen molar-refractivity contribution in [3.05, 3.63) is 0 Å². The Balaban J connectivity index is 3.33. The minimum Gasteiger partial charge on any atom is -0.414 e. The predicted octanol–water partition coefficient (Wildman–Crippen LogP) is 3.30. The molecule has 0 saturated carbocycles. The highest BCUT2D eigenvalue weighted by atomic mass is 35.5. The Morgan fingerprint density at radius 2 is 1.15 bits per heavy atom. The van der Waals surface area contributed by atoms with E-state index in [-0.39, 0.29) is 5.04 Å². The van der Waals surface area contributed by atoms with Gasteiger partial charge in [0, 0.05) is 5.88 Å². The van der Waals surface area contributed by atoms with Crippen LogP contribution in [0, 0.1) is 0 Å². The lowest BCUT2D eigenvalue weighted by atomic mass is 10.2. The fourth-order valence-corrected chi connectivity index (χ4v) is 2.30. The molecule has 0 radical (unpaired) electrons. The maximum atomic E-state index is 6.01. The molecule has 0 amide bonds. The van der Waals surface area contributed by atoms with Crippen molar-refractivity contribution in [1.82, 2.24) is 0 Å². The lowest BCUT2D eigenvalue weighted by molar-refractivity contribution is 0.0108. The van der Waals surface area contributed by atoms with Gasteiger partial charge in [0.1, 0.15) is 0 Å². The summed E-state index contributed by atoms with van der Waals surface area (Å²) in [5.41, 5.74) is 0. The minimum absolute atomic E-state index is 0.249. The smallest absolute Gasteiger partial charge is 0.192 e. The molecule has 0 spiro atoms. The Hall–Kier alpha value is 0.347. The van der Waals surface area contributed by atoms with E-state index in [1.165, 1.54) is 0 Å². The van der Waals surface area contributed by atoms with Gasteiger partial charge in [0.05, 0.1) is 46.2 Å². The lowest BCUT2D eigenvalue weighted by Crippen LogP contribution is -2.41. The van der Waals surface area contributed by atoms with Crippen LogP contribution in [0.5, 0.6) is 0 Å². The van der Waals surface area contributed by atoms with Crippen LogP contribution >= 0.6 is 11.6 Å². The van der Waals surface area contributed by atoms with Crippen molar-refractivity contribution in [3.8, 4) is 0 Å². The monoisotopic (exact) mass is 326 g/mol. The molecule has 0 unspecified atom stereocenters. The summed E-state index contributed by atoms with van der Waals surface area (Å²) in [4.78, 5) is 0. The topological polar surface area (TPSA) is 36.9 Å². The standard InChI is InChI=1S/C14H31ClO4Si/c1-14(2,3)20(4,5)19-13-12-18-11-10-17-9-8-16-7-6-15/h6-13H2,1-5H3. The molecule has 0 atom stereocenters. The molecule has 20 heavy (non-hydrogen) atoms. The molecule has 122 valence electrons. The highest BCUT2D eigenvalue weighted by molar-refractivity contribution is 6.74. The normalized spacial score (nSPS) is 12.9. The minimum atomic E-state index is -1.64. The zero-order valence-corrected chi connectivity index (χ0v) is 15.4. The van der Waals surface area contributed by atoms with E-state index < -0.39 is 8.32 Å². The Labute approximate surface area is 130 Å². The van der Waals surface area contributed by atoms with Crippen molar-refractivity contribution >= 4 is 19.9 Å². The average Bonchev–Trinajstić information content (AvgIpc) is 2.34. The summed E-state index contributed by atoms with van der Waals surface area (Å²) in [6, 6.07) is 0. The van der Waals surface area contributed by atoms with Gasteiger partial charge in [-0.2, -0.15) is 0 Å². The quantitative estimate of drug-likeness (QED) is 0.313. The van der Waals surface area contributed by atoms with E-state index in [1.807, 2.05) is 0 Å². The molecule has 0 aliphatic carbocycles. The molecule has 4 nitrogen and oxygen atoms in total. The van der Waals surface area contributed by atoms with Gasteiger partial charge in [-0.1, -0.05) is 20.8 Å². The van der Waals surface area contributed by atoms with Crippen molar-refractivity contribution in [3.63, 3.8) is 0 Å². The van der Waals surface area contributed by atoms with E-state index in [9.17, 15) is 0 Å². The molecule has 0 heterocycles. The molecule has 0 aliphatic heterocycles. The van der Waals surface area contributed by atoms with Crippen molar-refractivity contribution in [2.45, 2.75) is 38.9 Å². The first-order valence-electron chi connectivity index (χ1n) is 7.24. The molecule has 6 heteroatoms. The molecule has 0 N–H and O–H groups in total. The van der Waals surface area contributed by atoms with E-state index >= 15 is 0 Å². The number of alkyl halides is 1. The number of rotatable bonds is 12. The van der Waals surface area contributed by atoms with Crippen LogP contribution < -0.4 is 0 Å². The Kier molecular flexibility index (Phi) is 11.2. The zero-order valence-electron chi connectivity index (χ0n) is 13.7. The van der Waals surface area contributed by atoms with Crippen LogP contribution in [0.2, 0.25) is 18.1 Å². The van der Waals surface area contributed by atoms with Crippen LogP contribution in [0.25, 0.3) is 0 Å².